The minimum Gasteiger partial charge on any atom is -0.294 e. The van der Waals surface area contributed by atoms with Crippen LogP contribution in [0.1, 0.15) is 20.3 Å². The Labute approximate surface area is 103 Å². The Hall–Kier alpha value is -1.62. The van der Waals surface area contributed by atoms with Gasteiger partial charge in [-0.15, -0.1) is 11.3 Å². The molecule has 0 fully saturated rings. The first-order valence-electron chi connectivity index (χ1n) is 5.59. The van der Waals surface area contributed by atoms with Gasteiger partial charge in [-0.3, -0.25) is 14.9 Å². The maximum atomic E-state index is 12.0. The number of nitrogens with one attached hydrogen (secondary N) is 1. The van der Waals surface area contributed by atoms with Crippen LogP contribution in [0.5, 0.6) is 0 Å². The number of fused-ring (bicyclic) bond motifs is 1. The summed E-state index contributed by atoms with van der Waals surface area (Å²) in [6, 6.07) is 1.92. The van der Waals surface area contributed by atoms with Crippen molar-refractivity contribution < 1.29 is 0 Å². The molecule has 2 aromatic heterocycles. The number of nitrogens with zero attached hydrogens (tertiary/aromatic N) is 2. The highest BCUT2D eigenvalue weighted by Gasteiger charge is 2.08. The average Bonchev–Trinajstić information content (AvgIpc) is 2.89. The zero-order valence-electron chi connectivity index (χ0n) is 9.93. The predicted molar refractivity (Wildman–Crippen MR) is 73.0 cm³/mol. The lowest BCUT2D eigenvalue weighted by Gasteiger charge is -2.02. The smallest absolute Gasteiger partial charge is 0.284 e. The molecule has 90 valence electrons. The van der Waals surface area contributed by atoms with Crippen molar-refractivity contribution in [1.82, 2.24) is 9.78 Å². The van der Waals surface area contributed by atoms with Crippen LogP contribution in [0, 0.1) is 0 Å². The lowest BCUT2D eigenvalue weighted by Crippen LogP contribution is -2.21. The van der Waals surface area contributed by atoms with Gasteiger partial charge >= 0.3 is 0 Å². The normalized spacial score (nSPS) is 12.9. The lowest BCUT2D eigenvalue weighted by atomic mass is 10.3. The summed E-state index contributed by atoms with van der Waals surface area (Å²) in [4.78, 5) is 16.3. The third-order valence-electron chi connectivity index (χ3n) is 2.51. The van der Waals surface area contributed by atoms with E-state index in [-0.39, 0.29) is 5.56 Å². The molecule has 0 atom stereocenters. The zero-order chi connectivity index (χ0) is 12.3. The number of thiophene rings is 1. The van der Waals surface area contributed by atoms with E-state index in [9.17, 15) is 4.79 Å². The molecular weight excluding hydrogens is 234 g/mol. The van der Waals surface area contributed by atoms with E-state index in [1.54, 1.807) is 10.9 Å². The van der Waals surface area contributed by atoms with Crippen LogP contribution in [0.25, 0.3) is 10.2 Å². The largest absolute Gasteiger partial charge is 0.294 e. The van der Waals surface area contributed by atoms with Crippen LogP contribution < -0.4 is 5.56 Å². The van der Waals surface area contributed by atoms with Crippen molar-refractivity contribution >= 4 is 27.3 Å². The number of aromatic nitrogens is 2. The third kappa shape index (κ3) is 2.39. The third-order valence-corrected chi connectivity index (χ3v) is 3.42. The number of aromatic amines is 1. The number of H-pyrrole nitrogens is 1. The van der Waals surface area contributed by atoms with E-state index in [2.05, 4.69) is 10.1 Å². The van der Waals surface area contributed by atoms with Crippen molar-refractivity contribution in [2.45, 2.75) is 26.8 Å². The molecule has 0 saturated carbocycles. The fraction of sp³-hybridized carbons (Fsp3) is 0.333. The maximum absolute atomic E-state index is 12.0. The summed E-state index contributed by atoms with van der Waals surface area (Å²) in [6.45, 7) is 4.49. The van der Waals surface area contributed by atoms with Crippen molar-refractivity contribution in [1.29, 1.82) is 0 Å². The quantitative estimate of drug-likeness (QED) is 0.832. The van der Waals surface area contributed by atoms with Gasteiger partial charge in [0.2, 0.25) is 0 Å². The van der Waals surface area contributed by atoms with Gasteiger partial charge in [0.05, 0.1) is 12.1 Å². The van der Waals surface area contributed by atoms with Crippen LogP contribution in [-0.4, -0.2) is 15.5 Å². The molecule has 0 bridgehead atoms. The molecule has 4 nitrogen and oxygen atoms in total. The summed E-state index contributed by atoms with van der Waals surface area (Å²) >= 11 is 1.47. The highest BCUT2D eigenvalue weighted by atomic mass is 32.1. The first-order valence-corrected chi connectivity index (χ1v) is 6.47. The van der Waals surface area contributed by atoms with Crippen molar-refractivity contribution in [2.24, 2.45) is 4.99 Å². The van der Waals surface area contributed by atoms with Crippen LogP contribution in [0.4, 0.5) is 0 Å². The van der Waals surface area contributed by atoms with Crippen molar-refractivity contribution in [3.63, 3.8) is 0 Å². The standard InChI is InChI=1S/C12H15N3OS/c1-3-6-13-9(4-2)8-15-12(16)11-10(14-15)5-7-17-11/h3,5-7,14H,4,8H2,1-2H3/b6-3-,13-9?. The van der Waals surface area contributed by atoms with E-state index in [4.69, 9.17) is 0 Å². The van der Waals surface area contributed by atoms with Gasteiger partial charge in [0, 0.05) is 11.9 Å². The second-order valence-corrected chi connectivity index (χ2v) is 4.61. The van der Waals surface area contributed by atoms with Gasteiger partial charge in [0.15, 0.2) is 0 Å². The van der Waals surface area contributed by atoms with Gasteiger partial charge in [0.25, 0.3) is 5.56 Å². The molecule has 0 spiro atoms. The molecule has 0 unspecified atom stereocenters. The highest BCUT2D eigenvalue weighted by Crippen LogP contribution is 2.14. The second-order valence-electron chi connectivity index (χ2n) is 3.70. The molecule has 17 heavy (non-hydrogen) atoms. The van der Waals surface area contributed by atoms with Crippen LogP contribution in [-0.2, 0) is 6.54 Å². The summed E-state index contributed by atoms with van der Waals surface area (Å²) in [7, 11) is 0. The molecule has 1 N–H and O–H groups in total. The van der Waals surface area contributed by atoms with Crippen molar-refractivity contribution in [2.75, 3.05) is 0 Å². The highest BCUT2D eigenvalue weighted by molar-refractivity contribution is 7.17. The summed E-state index contributed by atoms with van der Waals surface area (Å²) < 4.78 is 2.40. The Bertz CT molecular complexity index is 615. The molecule has 0 aliphatic carbocycles. The van der Waals surface area contributed by atoms with Crippen molar-refractivity contribution in [3.8, 4) is 0 Å². The van der Waals surface area contributed by atoms with E-state index in [0.29, 0.717) is 6.54 Å². The molecule has 2 aromatic rings. The second kappa shape index (κ2) is 5.14. The maximum Gasteiger partial charge on any atom is 0.284 e. The first-order chi connectivity index (χ1) is 8.26. The van der Waals surface area contributed by atoms with Gasteiger partial charge in [-0.2, -0.15) is 0 Å². The van der Waals surface area contributed by atoms with Gasteiger partial charge in [-0.25, -0.2) is 4.68 Å². The summed E-state index contributed by atoms with van der Waals surface area (Å²) in [5.74, 6) is 0. The Kier molecular flexibility index (Phi) is 3.58. The Balaban J connectivity index is 2.31. The van der Waals surface area contributed by atoms with Crippen LogP contribution in [0.15, 0.2) is 33.5 Å². The zero-order valence-corrected chi connectivity index (χ0v) is 10.8. The number of rotatable bonds is 4. The summed E-state index contributed by atoms with van der Waals surface area (Å²) in [5.41, 5.74) is 1.93. The van der Waals surface area contributed by atoms with E-state index < -0.39 is 0 Å². The number of hydrogen-bond donors (Lipinski definition) is 1. The van der Waals surface area contributed by atoms with Crippen molar-refractivity contribution in [3.05, 3.63) is 34.1 Å². The SMILES string of the molecule is C/C=C\N=C(CC)Cn1[nH]c2ccsc2c1=O. The Morgan fingerprint density at radius 2 is 2.47 bits per heavy atom. The molecule has 0 saturated heterocycles. The minimum absolute atomic E-state index is 0.0385. The monoisotopic (exact) mass is 249 g/mol. The molecule has 0 aromatic carbocycles. The number of allylic oxidation sites excluding steroid dienone is 1. The van der Waals surface area contributed by atoms with Crippen LogP contribution in [0.3, 0.4) is 0 Å². The molecule has 0 amide bonds. The fourth-order valence-electron chi connectivity index (χ4n) is 1.60. The number of hydrogen-bond acceptors (Lipinski definition) is 3. The molecule has 0 aliphatic rings. The van der Waals surface area contributed by atoms with Crippen LogP contribution >= 0.6 is 11.3 Å². The summed E-state index contributed by atoms with van der Waals surface area (Å²) in [5, 5.41) is 5.01. The number of aliphatic imine (C=N–C) groups is 1. The Morgan fingerprint density at radius 1 is 1.65 bits per heavy atom. The molecule has 5 heteroatoms. The fourth-order valence-corrected chi connectivity index (χ4v) is 2.39. The van der Waals surface area contributed by atoms with E-state index in [1.165, 1.54) is 11.3 Å². The predicted octanol–water partition coefficient (Wildman–Crippen LogP) is 2.78. The molecule has 0 aliphatic heterocycles. The topological polar surface area (TPSA) is 50.1 Å². The molecule has 0 radical (unpaired) electrons. The molecule has 2 rings (SSSR count). The first kappa shape index (κ1) is 11.9. The van der Waals surface area contributed by atoms with Gasteiger partial charge in [0.1, 0.15) is 4.70 Å². The van der Waals surface area contributed by atoms with Gasteiger partial charge in [-0.05, 0) is 24.8 Å². The van der Waals surface area contributed by atoms with E-state index >= 15 is 0 Å². The van der Waals surface area contributed by atoms with Gasteiger partial charge < -0.3 is 0 Å². The summed E-state index contributed by atoms with van der Waals surface area (Å²) in [6.07, 6.45) is 4.48. The van der Waals surface area contributed by atoms with E-state index in [1.807, 2.05) is 31.4 Å². The lowest BCUT2D eigenvalue weighted by molar-refractivity contribution is 0.701. The Morgan fingerprint density at radius 3 is 3.12 bits per heavy atom. The van der Waals surface area contributed by atoms with Crippen LogP contribution in [0.2, 0.25) is 0 Å². The average molecular weight is 249 g/mol. The molecule has 2 heterocycles. The molecular formula is C12H15N3OS. The van der Waals surface area contributed by atoms with Gasteiger partial charge in [-0.1, -0.05) is 13.0 Å². The van der Waals surface area contributed by atoms with E-state index in [0.717, 1.165) is 22.3 Å². The minimum atomic E-state index is 0.0385.